The van der Waals surface area contributed by atoms with E-state index >= 15 is 0 Å². The van der Waals surface area contributed by atoms with E-state index in [1.165, 1.54) is 18.4 Å². The van der Waals surface area contributed by atoms with E-state index in [9.17, 15) is 0 Å². The van der Waals surface area contributed by atoms with Crippen molar-refractivity contribution in [2.75, 3.05) is 13.2 Å². The molecule has 2 rings (SSSR count). The molecular weight excluding hydrogens is 236 g/mol. The first-order valence-electron chi connectivity index (χ1n) is 7.51. The Labute approximate surface area is 117 Å². The van der Waals surface area contributed by atoms with Crippen LogP contribution in [0.3, 0.4) is 0 Å². The third-order valence-electron chi connectivity index (χ3n) is 4.72. The van der Waals surface area contributed by atoms with E-state index in [0.29, 0.717) is 11.3 Å². The molecule has 1 aromatic rings. The van der Waals surface area contributed by atoms with Crippen LogP contribution in [0.2, 0.25) is 0 Å². The maximum Gasteiger partial charge on any atom is 0.109 e. The Morgan fingerprint density at radius 1 is 1.26 bits per heavy atom. The van der Waals surface area contributed by atoms with Crippen molar-refractivity contribution < 1.29 is 9.15 Å². The van der Waals surface area contributed by atoms with Gasteiger partial charge in [0.15, 0.2) is 0 Å². The second-order valence-electron chi connectivity index (χ2n) is 7.31. The molecule has 2 unspecified atom stereocenters. The molecule has 1 saturated heterocycles. The summed E-state index contributed by atoms with van der Waals surface area (Å²) in [6.45, 7) is 13.1. The molecule has 1 aromatic heterocycles. The molecule has 0 N–H and O–H groups in total. The molecule has 0 amide bonds. The molecule has 0 saturated carbocycles. The van der Waals surface area contributed by atoms with Crippen LogP contribution in [0, 0.1) is 11.3 Å². The first-order valence-corrected chi connectivity index (χ1v) is 7.51. The predicted molar refractivity (Wildman–Crippen MR) is 78.4 cm³/mol. The van der Waals surface area contributed by atoms with Crippen molar-refractivity contribution >= 4 is 0 Å². The van der Waals surface area contributed by atoms with Crippen LogP contribution in [0.1, 0.15) is 58.8 Å². The average molecular weight is 264 g/mol. The van der Waals surface area contributed by atoms with Gasteiger partial charge in [0, 0.05) is 18.6 Å². The molecule has 2 heterocycles. The molecule has 0 bridgehead atoms. The van der Waals surface area contributed by atoms with Crippen molar-refractivity contribution in [3.8, 4) is 0 Å². The predicted octanol–water partition coefficient (Wildman–Crippen LogP) is 4.57. The summed E-state index contributed by atoms with van der Waals surface area (Å²) in [5.41, 5.74) is 1.76. The largest absolute Gasteiger partial charge is 0.469 e. The number of rotatable bonds is 4. The Morgan fingerprint density at radius 2 is 2.00 bits per heavy atom. The SMILES string of the molecule is CCC(C)(Cc1coc(C(C)(C)C)c1)C1CCOC1. The molecule has 108 valence electrons. The molecule has 0 radical (unpaired) electrons. The van der Waals surface area contributed by atoms with Crippen molar-refractivity contribution in [3.63, 3.8) is 0 Å². The van der Waals surface area contributed by atoms with Gasteiger partial charge in [-0.25, -0.2) is 0 Å². The standard InChI is InChI=1S/C17H28O2/c1-6-17(5,14-7-8-18-12-14)10-13-9-15(19-11-13)16(2,3)4/h9,11,14H,6-8,10,12H2,1-5H3. The third kappa shape index (κ3) is 3.22. The number of furan rings is 1. The lowest BCUT2D eigenvalue weighted by Crippen LogP contribution is -2.29. The van der Waals surface area contributed by atoms with Crippen LogP contribution in [0.15, 0.2) is 16.7 Å². The first-order chi connectivity index (χ1) is 8.85. The zero-order valence-corrected chi connectivity index (χ0v) is 13.1. The topological polar surface area (TPSA) is 22.4 Å². The van der Waals surface area contributed by atoms with E-state index in [4.69, 9.17) is 9.15 Å². The first kappa shape index (κ1) is 14.6. The zero-order chi connectivity index (χ0) is 14.1. The fourth-order valence-electron chi connectivity index (χ4n) is 2.97. The lowest BCUT2D eigenvalue weighted by molar-refractivity contribution is 0.127. The number of ether oxygens (including phenoxy) is 1. The molecule has 0 aliphatic carbocycles. The fraction of sp³-hybridized carbons (Fsp3) is 0.765. The van der Waals surface area contributed by atoms with Crippen molar-refractivity contribution in [3.05, 3.63) is 23.7 Å². The maximum atomic E-state index is 5.75. The highest BCUT2D eigenvalue weighted by molar-refractivity contribution is 5.20. The minimum absolute atomic E-state index is 0.0946. The second kappa shape index (κ2) is 5.32. The molecule has 1 fully saturated rings. The quantitative estimate of drug-likeness (QED) is 0.794. The van der Waals surface area contributed by atoms with Gasteiger partial charge in [0.2, 0.25) is 0 Å². The molecule has 1 aliphatic rings. The fourth-order valence-corrected chi connectivity index (χ4v) is 2.97. The van der Waals surface area contributed by atoms with Gasteiger partial charge in [-0.15, -0.1) is 0 Å². The van der Waals surface area contributed by atoms with E-state index in [-0.39, 0.29) is 5.41 Å². The lowest BCUT2D eigenvalue weighted by atomic mass is 9.71. The van der Waals surface area contributed by atoms with Crippen LogP contribution in [-0.2, 0) is 16.6 Å². The molecule has 2 nitrogen and oxygen atoms in total. The van der Waals surface area contributed by atoms with E-state index in [2.05, 4.69) is 40.7 Å². The van der Waals surface area contributed by atoms with Crippen LogP contribution >= 0.6 is 0 Å². The lowest BCUT2D eigenvalue weighted by Gasteiger charge is -2.33. The van der Waals surface area contributed by atoms with Crippen LogP contribution in [0.25, 0.3) is 0 Å². The van der Waals surface area contributed by atoms with E-state index < -0.39 is 0 Å². The van der Waals surface area contributed by atoms with Crippen molar-refractivity contribution in [1.29, 1.82) is 0 Å². The molecule has 19 heavy (non-hydrogen) atoms. The van der Waals surface area contributed by atoms with Gasteiger partial charge in [0.05, 0.1) is 6.26 Å². The van der Waals surface area contributed by atoms with Crippen LogP contribution < -0.4 is 0 Å². The Hall–Kier alpha value is -0.760. The Bertz CT molecular complexity index is 407. The third-order valence-corrected chi connectivity index (χ3v) is 4.72. The molecular formula is C17H28O2. The van der Waals surface area contributed by atoms with Gasteiger partial charge in [-0.3, -0.25) is 0 Å². The summed E-state index contributed by atoms with van der Waals surface area (Å²) in [5, 5.41) is 0. The van der Waals surface area contributed by atoms with Crippen molar-refractivity contribution in [2.24, 2.45) is 11.3 Å². The second-order valence-corrected chi connectivity index (χ2v) is 7.31. The van der Waals surface area contributed by atoms with Gasteiger partial charge in [-0.2, -0.15) is 0 Å². The van der Waals surface area contributed by atoms with E-state index in [1.807, 2.05) is 6.26 Å². The number of hydrogen-bond donors (Lipinski definition) is 0. The van der Waals surface area contributed by atoms with Crippen LogP contribution in [0.5, 0.6) is 0 Å². The Balaban J connectivity index is 2.11. The molecule has 2 atom stereocenters. The van der Waals surface area contributed by atoms with Crippen molar-refractivity contribution in [1.82, 2.24) is 0 Å². The highest BCUT2D eigenvalue weighted by atomic mass is 16.5. The van der Waals surface area contributed by atoms with Gasteiger partial charge in [-0.05, 0) is 35.8 Å². The summed E-state index contributed by atoms with van der Waals surface area (Å²) in [6.07, 6.45) is 5.44. The Morgan fingerprint density at radius 3 is 2.47 bits per heavy atom. The highest BCUT2D eigenvalue weighted by Crippen LogP contribution is 2.40. The van der Waals surface area contributed by atoms with Gasteiger partial charge in [0.25, 0.3) is 0 Å². The van der Waals surface area contributed by atoms with Gasteiger partial charge in [-0.1, -0.05) is 41.0 Å². The summed E-state index contributed by atoms with van der Waals surface area (Å²) < 4.78 is 11.3. The summed E-state index contributed by atoms with van der Waals surface area (Å²) in [4.78, 5) is 0. The Kier molecular flexibility index (Phi) is 4.10. The molecule has 0 spiro atoms. The minimum Gasteiger partial charge on any atom is -0.469 e. The molecule has 0 aromatic carbocycles. The monoisotopic (exact) mass is 264 g/mol. The minimum atomic E-state index is 0.0946. The van der Waals surface area contributed by atoms with E-state index in [1.54, 1.807) is 0 Å². The van der Waals surface area contributed by atoms with Crippen LogP contribution in [-0.4, -0.2) is 13.2 Å². The molecule has 2 heteroatoms. The van der Waals surface area contributed by atoms with E-state index in [0.717, 1.165) is 25.4 Å². The van der Waals surface area contributed by atoms with Gasteiger partial charge < -0.3 is 9.15 Å². The maximum absolute atomic E-state index is 5.75. The highest BCUT2D eigenvalue weighted by Gasteiger charge is 2.35. The average Bonchev–Trinajstić information content (AvgIpc) is 2.98. The normalized spacial score (nSPS) is 23.5. The smallest absolute Gasteiger partial charge is 0.109 e. The molecule has 1 aliphatic heterocycles. The van der Waals surface area contributed by atoms with Gasteiger partial charge >= 0.3 is 0 Å². The summed E-state index contributed by atoms with van der Waals surface area (Å²) >= 11 is 0. The van der Waals surface area contributed by atoms with Crippen molar-refractivity contribution in [2.45, 2.75) is 59.3 Å². The van der Waals surface area contributed by atoms with Gasteiger partial charge in [0.1, 0.15) is 5.76 Å². The summed E-state index contributed by atoms with van der Waals surface area (Å²) in [5.74, 6) is 1.77. The number of hydrogen-bond acceptors (Lipinski definition) is 2. The summed E-state index contributed by atoms with van der Waals surface area (Å²) in [6, 6.07) is 2.24. The zero-order valence-electron chi connectivity index (χ0n) is 13.1. The summed E-state index contributed by atoms with van der Waals surface area (Å²) in [7, 11) is 0. The van der Waals surface area contributed by atoms with Crippen LogP contribution in [0.4, 0.5) is 0 Å².